The van der Waals surface area contributed by atoms with Gasteiger partial charge in [0.15, 0.2) is 6.29 Å². The third-order valence-corrected chi connectivity index (χ3v) is 18.0. The van der Waals surface area contributed by atoms with Gasteiger partial charge in [0.2, 0.25) is 5.91 Å². The molecule has 9 unspecified atom stereocenters. The molecule has 1 saturated heterocycles. The van der Waals surface area contributed by atoms with Gasteiger partial charge in [0.1, 0.15) is 36.6 Å². The average Bonchev–Trinajstić information content (AvgIpc) is 3.66. The van der Waals surface area contributed by atoms with E-state index in [4.69, 9.17) is 9.47 Å². The summed E-state index contributed by atoms with van der Waals surface area (Å²) in [6, 6.07) is -1.19. The topological polar surface area (TPSA) is 189 Å². The number of ether oxygens (including phenoxy) is 2. The van der Waals surface area contributed by atoms with Crippen LogP contribution < -0.4 is 5.32 Å². The van der Waals surface area contributed by atoms with Crippen LogP contribution in [0.5, 0.6) is 0 Å². The van der Waals surface area contributed by atoms with Gasteiger partial charge in [0, 0.05) is 0 Å². The van der Waals surface area contributed by atoms with Gasteiger partial charge < -0.3 is 50.5 Å². The second kappa shape index (κ2) is 61.8. The molecule has 498 valence electrons. The van der Waals surface area contributed by atoms with Gasteiger partial charge in [-0.1, -0.05) is 340 Å². The largest absolute Gasteiger partial charge is 0.394 e. The molecule has 0 aromatic rings. The van der Waals surface area contributed by atoms with Crippen LogP contribution in [0.1, 0.15) is 367 Å². The molecule has 1 aliphatic heterocycles. The first kappa shape index (κ1) is 80.6. The number of hydrogen-bond donors (Lipinski definition) is 8. The first-order valence-electron chi connectivity index (χ1n) is 36.7. The molecule has 0 radical (unpaired) electrons. The first-order valence-corrected chi connectivity index (χ1v) is 36.7. The van der Waals surface area contributed by atoms with Gasteiger partial charge in [-0.15, -0.1) is 0 Å². The summed E-state index contributed by atoms with van der Waals surface area (Å²) in [4.78, 5) is 13.3. The van der Waals surface area contributed by atoms with Crippen molar-refractivity contribution in [2.45, 2.75) is 422 Å². The Bertz CT molecular complexity index is 1420. The molecule has 11 heteroatoms. The highest BCUT2D eigenvalue weighted by Gasteiger charge is 2.44. The van der Waals surface area contributed by atoms with E-state index < -0.39 is 74.2 Å². The molecule has 1 heterocycles. The average molecular weight is 1190 g/mol. The summed E-state index contributed by atoms with van der Waals surface area (Å²) < 4.78 is 11.2. The lowest BCUT2D eigenvalue weighted by molar-refractivity contribution is -0.303. The van der Waals surface area contributed by atoms with E-state index in [0.717, 1.165) is 38.5 Å². The zero-order valence-corrected chi connectivity index (χ0v) is 55.2. The lowest BCUT2D eigenvalue weighted by Crippen LogP contribution is -2.60. The van der Waals surface area contributed by atoms with Crippen LogP contribution in [0, 0.1) is 0 Å². The predicted octanol–water partition coefficient (Wildman–Crippen LogP) is 18.0. The van der Waals surface area contributed by atoms with Crippen LogP contribution in [0.15, 0.2) is 24.3 Å². The van der Waals surface area contributed by atoms with Crippen molar-refractivity contribution < 1.29 is 50.0 Å². The van der Waals surface area contributed by atoms with Crippen LogP contribution >= 0.6 is 0 Å². The molecule has 9 atom stereocenters. The monoisotopic (exact) mass is 1190 g/mol. The maximum atomic E-state index is 13.3. The molecule has 0 aromatic heterocycles. The maximum absolute atomic E-state index is 13.3. The molecule has 1 aliphatic rings. The number of aliphatic hydroxyl groups is 7. The van der Waals surface area contributed by atoms with Crippen LogP contribution in [-0.2, 0) is 14.3 Å². The fraction of sp³-hybridized carbons (Fsp3) is 0.932. The summed E-state index contributed by atoms with van der Waals surface area (Å²) in [7, 11) is 0. The molecule has 0 spiro atoms. The zero-order valence-electron chi connectivity index (χ0n) is 55.2. The van der Waals surface area contributed by atoms with Gasteiger partial charge in [0.05, 0.1) is 25.4 Å². The van der Waals surface area contributed by atoms with Crippen molar-refractivity contribution in [3.05, 3.63) is 24.3 Å². The molecule has 1 amide bonds. The minimum absolute atomic E-state index is 0.249. The number of nitrogens with one attached hydrogen (secondary N) is 1. The molecule has 84 heavy (non-hydrogen) atoms. The molecule has 0 aromatic carbocycles. The Morgan fingerprint density at radius 1 is 0.405 bits per heavy atom. The zero-order chi connectivity index (χ0) is 61.0. The Morgan fingerprint density at radius 3 is 1.06 bits per heavy atom. The Kier molecular flexibility index (Phi) is 59.3. The van der Waals surface area contributed by atoms with Gasteiger partial charge in [0.25, 0.3) is 0 Å². The number of rotatable bonds is 65. The highest BCUT2D eigenvalue weighted by atomic mass is 16.7. The standard InChI is InChI=1S/C73H141NO10/c1-3-5-7-9-11-13-15-17-19-21-23-25-27-28-29-30-31-32-33-34-35-36-37-39-41-43-45-47-49-51-53-55-57-59-61-66(77)72(82)74-64(63-83-73-71(81)70(80)69(79)67(62-75)84-73)68(78)65(76)60-58-56-54-52-50-48-46-44-42-40-38-26-24-22-20-18-16-14-12-10-8-6-4-2/h44,46,52,54,64-71,73,75-81H,3-43,45,47-51,53,55-63H2,1-2H3,(H,74,82)/b46-44+,54-52+. The molecule has 0 aliphatic carbocycles. The number of allylic oxidation sites excluding steroid dienone is 4. The third-order valence-electron chi connectivity index (χ3n) is 18.0. The van der Waals surface area contributed by atoms with Crippen molar-refractivity contribution in [3.63, 3.8) is 0 Å². The van der Waals surface area contributed by atoms with Crippen LogP contribution in [0.25, 0.3) is 0 Å². The van der Waals surface area contributed by atoms with Gasteiger partial charge in [-0.2, -0.15) is 0 Å². The first-order chi connectivity index (χ1) is 41.2. The molecule has 0 saturated carbocycles. The van der Waals surface area contributed by atoms with Crippen molar-refractivity contribution in [2.24, 2.45) is 0 Å². The highest BCUT2D eigenvalue weighted by molar-refractivity contribution is 5.80. The van der Waals surface area contributed by atoms with E-state index in [2.05, 4.69) is 43.5 Å². The van der Waals surface area contributed by atoms with Gasteiger partial charge >= 0.3 is 0 Å². The lowest BCUT2D eigenvalue weighted by atomic mass is 9.98. The van der Waals surface area contributed by atoms with Crippen LogP contribution in [-0.4, -0.2) is 110 Å². The van der Waals surface area contributed by atoms with E-state index in [0.29, 0.717) is 19.3 Å². The molecule has 1 fully saturated rings. The van der Waals surface area contributed by atoms with Crippen molar-refractivity contribution in [2.75, 3.05) is 13.2 Å². The minimum Gasteiger partial charge on any atom is -0.394 e. The van der Waals surface area contributed by atoms with E-state index in [1.54, 1.807) is 0 Å². The summed E-state index contributed by atoms with van der Waals surface area (Å²) >= 11 is 0. The van der Waals surface area contributed by atoms with E-state index in [1.165, 1.54) is 283 Å². The summed E-state index contributed by atoms with van der Waals surface area (Å²) in [5.74, 6) is -0.703. The second-order valence-corrected chi connectivity index (χ2v) is 26.0. The molecule has 11 nitrogen and oxygen atoms in total. The summed E-state index contributed by atoms with van der Waals surface area (Å²) in [6.45, 7) is 3.50. The summed E-state index contributed by atoms with van der Waals surface area (Å²) in [5, 5.41) is 76.5. The van der Waals surface area contributed by atoms with Crippen molar-refractivity contribution in [1.29, 1.82) is 0 Å². The van der Waals surface area contributed by atoms with Crippen LogP contribution in [0.4, 0.5) is 0 Å². The Morgan fingerprint density at radius 2 is 0.714 bits per heavy atom. The summed E-state index contributed by atoms with van der Waals surface area (Å²) in [6.07, 6.45) is 67.1. The van der Waals surface area contributed by atoms with E-state index in [1.807, 2.05) is 0 Å². The predicted molar refractivity (Wildman–Crippen MR) is 353 cm³/mol. The van der Waals surface area contributed by atoms with Gasteiger partial charge in [-0.25, -0.2) is 0 Å². The normalized spacial score (nSPS) is 19.0. The molecule has 8 N–H and O–H groups in total. The number of hydrogen-bond acceptors (Lipinski definition) is 10. The number of amides is 1. The molecular weight excluding hydrogens is 1050 g/mol. The number of aliphatic hydroxyl groups excluding tert-OH is 7. The Balaban J connectivity index is 2.17. The Labute approximate surface area is 518 Å². The number of carbonyl (C=O) groups is 1. The Hall–Kier alpha value is -1.41. The third kappa shape index (κ3) is 48.5. The lowest BCUT2D eigenvalue weighted by Gasteiger charge is -2.40. The quantitative estimate of drug-likeness (QED) is 0.0215. The fourth-order valence-electron chi connectivity index (χ4n) is 12.1. The second-order valence-electron chi connectivity index (χ2n) is 26.0. The number of unbranched alkanes of at least 4 members (excludes halogenated alkanes) is 49. The van der Waals surface area contributed by atoms with E-state index >= 15 is 0 Å². The number of carbonyl (C=O) groups excluding carboxylic acids is 1. The SMILES string of the molecule is CCCCCCCCCCCCCCCC/C=C/CC/C=C/CCCC(O)C(O)C(COC1OC(CO)C(O)C(O)C1O)NC(=O)C(O)CCCCCCCCCCCCCCCCCCCCCCCCCCCCCCCCCCCC. The summed E-state index contributed by atoms with van der Waals surface area (Å²) in [5.41, 5.74) is 0. The smallest absolute Gasteiger partial charge is 0.249 e. The minimum atomic E-state index is -1.67. The molecule has 0 bridgehead atoms. The van der Waals surface area contributed by atoms with Gasteiger partial charge in [-0.05, 0) is 51.4 Å². The van der Waals surface area contributed by atoms with Crippen molar-refractivity contribution >= 4 is 5.91 Å². The van der Waals surface area contributed by atoms with Crippen LogP contribution in [0.3, 0.4) is 0 Å². The maximum Gasteiger partial charge on any atom is 0.249 e. The fourth-order valence-corrected chi connectivity index (χ4v) is 12.1. The van der Waals surface area contributed by atoms with Gasteiger partial charge in [-0.3, -0.25) is 4.79 Å². The molecule has 1 rings (SSSR count). The van der Waals surface area contributed by atoms with Crippen LogP contribution in [0.2, 0.25) is 0 Å². The van der Waals surface area contributed by atoms with E-state index in [-0.39, 0.29) is 12.8 Å². The van der Waals surface area contributed by atoms with Crippen molar-refractivity contribution in [1.82, 2.24) is 5.32 Å². The molecular formula is C73H141NO10. The van der Waals surface area contributed by atoms with E-state index in [9.17, 15) is 40.5 Å². The highest BCUT2D eigenvalue weighted by Crippen LogP contribution is 2.24. The van der Waals surface area contributed by atoms with Crippen molar-refractivity contribution in [3.8, 4) is 0 Å².